The van der Waals surface area contributed by atoms with Crippen molar-refractivity contribution >= 4 is 0 Å². The van der Waals surface area contributed by atoms with Crippen molar-refractivity contribution in [2.24, 2.45) is 7.05 Å². The molecule has 0 unspecified atom stereocenters. The van der Waals surface area contributed by atoms with Crippen LogP contribution in [-0.2, 0) is 13.6 Å². The first kappa shape index (κ1) is 10.6. The Kier molecular flexibility index (Phi) is 3.75. The molecular weight excluding hydrogens is 188 g/mol. The summed E-state index contributed by atoms with van der Waals surface area (Å²) < 4.78 is 1.84. The van der Waals surface area contributed by atoms with Crippen LogP contribution in [0.2, 0.25) is 0 Å². The second kappa shape index (κ2) is 5.28. The van der Waals surface area contributed by atoms with Gasteiger partial charge in [0.25, 0.3) is 0 Å². The number of aryl methyl sites for hydroxylation is 1. The van der Waals surface area contributed by atoms with Crippen molar-refractivity contribution in [2.45, 2.75) is 19.4 Å². The largest absolute Gasteiger partial charge is 0.311 e. The molecule has 1 aromatic heterocycles. The van der Waals surface area contributed by atoms with Gasteiger partial charge < -0.3 is 10.2 Å². The Morgan fingerprint density at radius 1 is 1.40 bits per heavy atom. The Hall–Kier alpha value is -0.870. The fourth-order valence-electron chi connectivity index (χ4n) is 2.04. The first-order chi connectivity index (χ1) is 7.34. The molecule has 2 rings (SSSR count). The van der Waals surface area contributed by atoms with Crippen molar-refractivity contribution in [3.05, 3.63) is 18.0 Å². The van der Waals surface area contributed by atoms with E-state index in [1.165, 1.54) is 38.0 Å². The van der Waals surface area contributed by atoms with E-state index in [0.29, 0.717) is 0 Å². The van der Waals surface area contributed by atoms with E-state index in [2.05, 4.69) is 21.5 Å². The van der Waals surface area contributed by atoms with Crippen molar-refractivity contribution in [3.63, 3.8) is 0 Å². The van der Waals surface area contributed by atoms with Crippen LogP contribution in [-0.4, -0.2) is 40.9 Å². The van der Waals surface area contributed by atoms with Crippen molar-refractivity contribution in [1.82, 2.24) is 20.0 Å². The minimum Gasteiger partial charge on any atom is -0.311 e. The van der Waals surface area contributed by atoms with Gasteiger partial charge in [0.1, 0.15) is 0 Å². The van der Waals surface area contributed by atoms with Crippen LogP contribution in [0.5, 0.6) is 0 Å². The summed E-state index contributed by atoms with van der Waals surface area (Å²) in [5, 5.41) is 7.59. The van der Waals surface area contributed by atoms with Crippen LogP contribution in [0.3, 0.4) is 0 Å². The number of hydrogen-bond acceptors (Lipinski definition) is 3. The highest BCUT2D eigenvalue weighted by molar-refractivity contribution is 5.02. The fourth-order valence-corrected chi connectivity index (χ4v) is 2.04. The average Bonchev–Trinajstić information content (AvgIpc) is 2.84. The molecule has 0 radical (unpaired) electrons. The highest BCUT2D eigenvalue weighted by Crippen LogP contribution is 2.05. The van der Waals surface area contributed by atoms with Crippen LogP contribution < -0.4 is 5.32 Å². The molecule has 0 amide bonds. The van der Waals surface area contributed by atoms with Gasteiger partial charge >= 0.3 is 0 Å². The van der Waals surface area contributed by atoms with Crippen LogP contribution in [0.25, 0.3) is 0 Å². The Morgan fingerprint density at radius 3 is 2.87 bits per heavy atom. The van der Waals surface area contributed by atoms with Gasteiger partial charge in [-0.25, -0.2) is 0 Å². The SMILES string of the molecule is Cn1cc(CNCCN2CCCC2)cn1. The second-order valence-corrected chi connectivity index (χ2v) is 4.25. The zero-order valence-electron chi connectivity index (χ0n) is 9.45. The summed E-state index contributed by atoms with van der Waals surface area (Å²) in [6.45, 7) is 5.76. The Labute approximate surface area is 91.3 Å². The van der Waals surface area contributed by atoms with E-state index in [4.69, 9.17) is 0 Å². The third kappa shape index (κ3) is 3.32. The minimum absolute atomic E-state index is 0.932. The van der Waals surface area contributed by atoms with E-state index in [1.54, 1.807) is 0 Å². The minimum atomic E-state index is 0.932. The molecule has 2 heterocycles. The summed E-state index contributed by atoms with van der Waals surface area (Å²) in [6.07, 6.45) is 6.73. The predicted molar refractivity (Wildman–Crippen MR) is 60.6 cm³/mol. The third-order valence-electron chi connectivity index (χ3n) is 2.89. The van der Waals surface area contributed by atoms with E-state index in [-0.39, 0.29) is 0 Å². The maximum absolute atomic E-state index is 4.14. The monoisotopic (exact) mass is 208 g/mol. The van der Waals surface area contributed by atoms with E-state index in [1.807, 2.05) is 17.9 Å². The molecule has 0 aromatic carbocycles. The fraction of sp³-hybridized carbons (Fsp3) is 0.727. The van der Waals surface area contributed by atoms with Gasteiger partial charge in [0, 0.05) is 38.4 Å². The van der Waals surface area contributed by atoms with Gasteiger partial charge in [-0.05, 0) is 25.9 Å². The molecule has 1 N–H and O–H groups in total. The molecule has 0 atom stereocenters. The third-order valence-corrected chi connectivity index (χ3v) is 2.89. The first-order valence-electron chi connectivity index (χ1n) is 5.75. The van der Waals surface area contributed by atoms with Crippen molar-refractivity contribution in [3.8, 4) is 0 Å². The van der Waals surface area contributed by atoms with E-state index < -0.39 is 0 Å². The molecule has 0 saturated carbocycles. The molecule has 1 aliphatic heterocycles. The quantitative estimate of drug-likeness (QED) is 0.720. The summed E-state index contributed by atoms with van der Waals surface area (Å²) in [5.41, 5.74) is 1.26. The normalized spacial score (nSPS) is 17.4. The molecule has 4 nitrogen and oxygen atoms in total. The van der Waals surface area contributed by atoms with Gasteiger partial charge in [0.2, 0.25) is 0 Å². The molecule has 1 saturated heterocycles. The van der Waals surface area contributed by atoms with Crippen LogP contribution in [0.4, 0.5) is 0 Å². The number of rotatable bonds is 5. The smallest absolute Gasteiger partial charge is 0.0534 e. The van der Waals surface area contributed by atoms with Crippen LogP contribution in [0.1, 0.15) is 18.4 Å². The standard InChI is InChI=1S/C11H20N4/c1-14-10-11(9-13-14)8-12-4-7-15-5-2-3-6-15/h9-10,12H,2-8H2,1H3. The van der Waals surface area contributed by atoms with Crippen molar-refractivity contribution < 1.29 is 0 Å². The van der Waals surface area contributed by atoms with Gasteiger partial charge in [-0.1, -0.05) is 0 Å². The number of hydrogen-bond donors (Lipinski definition) is 1. The number of aromatic nitrogens is 2. The van der Waals surface area contributed by atoms with E-state index in [9.17, 15) is 0 Å². The molecule has 1 aliphatic rings. The number of nitrogens with one attached hydrogen (secondary N) is 1. The molecule has 84 valence electrons. The first-order valence-corrected chi connectivity index (χ1v) is 5.75. The Morgan fingerprint density at radius 2 is 2.20 bits per heavy atom. The molecule has 4 heteroatoms. The molecule has 15 heavy (non-hydrogen) atoms. The van der Waals surface area contributed by atoms with Gasteiger partial charge in [-0.15, -0.1) is 0 Å². The zero-order chi connectivity index (χ0) is 10.5. The van der Waals surface area contributed by atoms with Gasteiger partial charge in [-0.2, -0.15) is 5.10 Å². The molecule has 0 spiro atoms. The maximum atomic E-state index is 4.14. The summed E-state index contributed by atoms with van der Waals surface area (Å²) >= 11 is 0. The number of likely N-dealkylation sites (tertiary alicyclic amines) is 1. The topological polar surface area (TPSA) is 33.1 Å². The summed E-state index contributed by atoms with van der Waals surface area (Å²) in [7, 11) is 1.95. The lowest BCUT2D eigenvalue weighted by molar-refractivity contribution is 0.335. The molecule has 1 fully saturated rings. The molecule has 0 bridgehead atoms. The Bertz CT molecular complexity index is 289. The lowest BCUT2D eigenvalue weighted by Gasteiger charge is -2.14. The van der Waals surface area contributed by atoms with E-state index in [0.717, 1.165) is 13.1 Å². The van der Waals surface area contributed by atoms with Gasteiger partial charge in [0.05, 0.1) is 6.20 Å². The lowest BCUT2D eigenvalue weighted by atomic mass is 10.3. The number of nitrogens with zero attached hydrogens (tertiary/aromatic N) is 3. The summed E-state index contributed by atoms with van der Waals surface area (Å²) in [6, 6.07) is 0. The molecule has 0 aliphatic carbocycles. The van der Waals surface area contributed by atoms with E-state index >= 15 is 0 Å². The van der Waals surface area contributed by atoms with Crippen molar-refractivity contribution in [2.75, 3.05) is 26.2 Å². The van der Waals surface area contributed by atoms with Gasteiger partial charge in [-0.3, -0.25) is 4.68 Å². The zero-order valence-corrected chi connectivity index (χ0v) is 9.45. The molecular formula is C11H20N4. The molecule has 1 aromatic rings. The summed E-state index contributed by atoms with van der Waals surface area (Å²) in [4.78, 5) is 2.52. The average molecular weight is 208 g/mol. The van der Waals surface area contributed by atoms with Crippen LogP contribution in [0.15, 0.2) is 12.4 Å². The lowest BCUT2D eigenvalue weighted by Crippen LogP contribution is -2.29. The predicted octanol–water partition coefficient (Wildman–Crippen LogP) is 0.605. The van der Waals surface area contributed by atoms with Crippen LogP contribution in [0, 0.1) is 0 Å². The highest BCUT2D eigenvalue weighted by Gasteiger charge is 2.09. The summed E-state index contributed by atoms with van der Waals surface area (Å²) in [5.74, 6) is 0. The highest BCUT2D eigenvalue weighted by atomic mass is 15.2. The maximum Gasteiger partial charge on any atom is 0.0534 e. The Balaban J connectivity index is 1.58. The van der Waals surface area contributed by atoms with Crippen molar-refractivity contribution in [1.29, 1.82) is 0 Å². The second-order valence-electron chi connectivity index (χ2n) is 4.25. The van der Waals surface area contributed by atoms with Crippen LogP contribution >= 0.6 is 0 Å². The van der Waals surface area contributed by atoms with Gasteiger partial charge in [0.15, 0.2) is 0 Å².